The first kappa shape index (κ1) is 11.0. The number of amides is 1. The highest BCUT2D eigenvalue weighted by molar-refractivity contribution is 9.10. The number of nitrogens with one attached hydrogen (secondary N) is 1. The molecule has 0 aromatic heterocycles. The Morgan fingerprint density at radius 2 is 2.35 bits per heavy atom. The summed E-state index contributed by atoms with van der Waals surface area (Å²) < 4.78 is 6.34. The Balaban J connectivity index is 1.79. The van der Waals surface area contributed by atoms with Crippen molar-refractivity contribution in [2.45, 2.75) is 12.5 Å². The first-order chi connectivity index (χ1) is 8.24. The normalized spacial score (nSPS) is 22.8. The smallest absolute Gasteiger partial charge is 0.257 e. The van der Waals surface area contributed by atoms with Crippen LogP contribution >= 0.6 is 15.9 Å². The van der Waals surface area contributed by atoms with Gasteiger partial charge in [-0.3, -0.25) is 4.79 Å². The quantitative estimate of drug-likeness (QED) is 0.908. The number of carbonyl (C=O) groups excluding carboxylic acids is 1. The van der Waals surface area contributed by atoms with Crippen LogP contribution in [0, 0.1) is 0 Å². The van der Waals surface area contributed by atoms with E-state index in [1.165, 1.54) is 0 Å². The van der Waals surface area contributed by atoms with E-state index < -0.39 is 0 Å². The maximum Gasteiger partial charge on any atom is 0.257 e. The summed E-state index contributed by atoms with van der Waals surface area (Å²) in [6.07, 6.45) is 1.27. The van der Waals surface area contributed by atoms with Crippen LogP contribution in [0.3, 0.4) is 0 Å². The van der Waals surface area contributed by atoms with Crippen LogP contribution in [-0.2, 0) is 4.74 Å². The zero-order valence-electron chi connectivity index (χ0n) is 9.28. The molecule has 0 aliphatic carbocycles. The molecule has 1 saturated heterocycles. The molecule has 1 aromatic rings. The Hall–Kier alpha value is -1.07. The van der Waals surface area contributed by atoms with Crippen molar-refractivity contribution in [3.63, 3.8) is 0 Å². The summed E-state index contributed by atoms with van der Waals surface area (Å²) in [6, 6.07) is 5.68. The number of carbonyl (C=O) groups is 1. The third-order valence-electron chi connectivity index (χ3n) is 3.18. The number of halogens is 1. The van der Waals surface area contributed by atoms with Crippen LogP contribution in [0.4, 0.5) is 5.69 Å². The van der Waals surface area contributed by atoms with Crippen molar-refractivity contribution in [3.05, 3.63) is 28.2 Å². The Morgan fingerprint density at radius 3 is 3.06 bits per heavy atom. The van der Waals surface area contributed by atoms with Gasteiger partial charge in [0.15, 0.2) is 0 Å². The summed E-state index contributed by atoms with van der Waals surface area (Å²) in [6.45, 7) is 2.06. The van der Waals surface area contributed by atoms with Crippen molar-refractivity contribution < 1.29 is 9.53 Å². The molecule has 1 fully saturated rings. The number of rotatable bonds is 2. The van der Waals surface area contributed by atoms with Gasteiger partial charge in [0.1, 0.15) is 0 Å². The largest absolute Gasteiger partial charge is 0.376 e. The van der Waals surface area contributed by atoms with Crippen molar-refractivity contribution >= 4 is 27.5 Å². The van der Waals surface area contributed by atoms with Gasteiger partial charge >= 0.3 is 0 Å². The van der Waals surface area contributed by atoms with Crippen LogP contribution in [0.5, 0.6) is 0 Å². The molecule has 2 heterocycles. The monoisotopic (exact) mass is 296 g/mol. The fourth-order valence-corrected chi connectivity index (χ4v) is 2.45. The Bertz CT molecular complexity index is 460. The second-order valence-electron chi connectivity index (χ2n) is 4.33. The van der Waals surface area contributed by atoms with E-state index >= 15 is 0 Å². The maximum atomic E-state index is 12.2. The minimum absolute atomic E-state index is 0.0850. The van der Waals surface area contributed by atoms with E-state index in [2.05, 4.69) is 21.2 Å². The predicted molar refractivity (Wildman–Crippen MR) is 68.0 cm³/mol. The molecule has 17 heavy (non-hydrogen) atoms. The van der Waals surface area contributed by atoms with E-state index in [1.807, 2.05) is 18.2 Å². The topological polar surface area (TPSA) is 41.6 Å². The lowest BCUT2D eigenvalue weighted by atomic mass is 10.1. The molecule has 2 aliphatic rings. The molecule has 1 aromatic carbocycles. The zero-order chi connectivity index (χ0) is 11.8. The summed E-state index contributed by atoms with van der Waals surface area (Å²) in [5, 5.41) is 3.26. The van der Waals surface area contributed by atoms with Crippen LogP contribution in [-0.4, -0.2) is 36.7 Å². The fraction of sp³-hybridized carbons (Fsp3) is 0.417. The van der Waals surface area contributed by atoms with Gasteiger partial charge in [-0.25, -0.2) is 0 Å². The predicted octanol–water partition coefficient (Wildman–Crippen LogP) is 2.06. The van der Waals surface area contributed by atoms with Crippen LogP contribution in [0.1, 0.15) is 16.8 Å². The summed E-state index contributed by atoms with van der Waals surface area (Å²) in [7, 11) is 0. The average molecular weight is 297 g/mol. The van der Waals surface area contributed by atoms with Gasteiger partial charge in [-0.2, -0.15) is 0 Å². The Kier molecular flexibility index (Phi) is 2.80. The van der Waals surface area contributed by atoms with Gasteiger partial charge in [-0.1, -0.05) is 15.9 Å². The number of anilines is 1. The highest BCUT2D eigenvalue weighted by Crippen LogP contribution is 2.26. The lowest BCUT2D eigenvalue weighted by Gasteiger charge is -2.35. The second kappa shape index (κ2) is 4.31. The Labute approximate surface area is 108 Å². The minimum atomic E-state index is 0.0850. The van der Waals surface area contributed by atoms with Crippen molar-refractivity contribution in [3.8, 4) is 0 Å². The molecule has 1 amide bonds. The standard InChI is InChI=1S/C12H13BrN2O2/c13-8-1-2-10-11(5-8)14-7-15(12(10)16)6-9-3-4-17-9/h1-2,5,9,14H,3-4,6-7H2. The van der Waals surface area contributed by atoms with Crippen molar-refractivity contribution in [1.29, 1.82) is 0 Å². The van der Waals surface area contributed by atoms with Crippen LogP contribution < -0.4 is 5.32 Å². The van der Waals surface area contributed by atoms with E-state index in [9.17, 15) is 4.79 Å². The molecule has 90 valence electrons. The van der Waals surface area contributed by atoms with Crippen molar-refractivity contribution in [1.82, 2.24) is 4.90 Å². The highest BCUT2D eigenvalue weighted by atomic mass is 79.9. The number of benzene rings is 1. The van der Waals surface area contributed by atoms with Gasteiger partial charge in [0, 0.05) is 23.3 Å². The molecular weight excluding hydrogens is 284 g/mol. The first-order valence-electron chi connectivity index (χ1n) is 5.68. The number of hydrogen-bond acceptors (Lipinski definition) is 3. The number of fused-ring (bicyclic) bond motifs is 1. The number of hydrogen-bond donors (Lipinski definition) is 1. The van der Waals surface area contributed by atoms with Crippen LogP contribution in [0.15, 0.2) is 22.7 Å². The van der Waals surface area contributed by atoms with Gasteiger partial charge in [0.2, 0.25) is 0 Å². The van der Waals surface area contributed by atoms with Gasteiger partial charge in [0.05, 0.1) is 18.3 Å². The first-order valence-corrected chi connectivity index (χ1v) is 6.47. The summed E-state index contributed by atoms with van der Waals surface area (Å²) in [5.74, 6) is 0.0850. The van der Waals surface area contributed by atoms with Gasteiger partial charge in [-0.05, 0) is 24.6 Å². The molecular formula is C12H13BrN2O2. The molecule has 1 N–H and O–H groups in total. The van der Waals surface area contributed by atoms with Crippen LogP contribution in [0.25, 0.3) is 0 Å². The van der Waals surface area contributed by atoms with E-state index in [1.54, 1.807) is 4.90 Å². The average Bonchev–Trinajstić information content (AvgIpc) is 2.25. The molecule has 0 saturated carbocycles. The van der Waals surface area contributed by atoms with Crippen LogP contribution in [0.2, 0.25) is 0 Å². The van der Waals surface area contributed by atoms with Gasteiger partial charge in [-0.15, -0.1) is 0 Å². The summed E-state index contributed by atoms with van der Waals surface area (Å²) >= 11 is 3.40. The number of nitrogens with zero attached hydrogens (tertiary/aromatic N) is 1. The third-order valence-corrected chi connectivity index (χ3v) is 3.67. The second-order valence-corrected chi connectivity index (χ2v) is 5.25. The molecule has 0 radical (unpaired) electrons. The van der Waals surface area contributed by atoms with E-state index in [4.69, 9.17) is 4.74 Å². The Morgan fingerprint density at radius 1 is 1.53 bits per heavy atom. The minimum Gasteiger partial charge on any atom is -0.376 e. The van der Waals surface area contributed by atoms with E-state index in [-0.39, 0.29) is 12.0 Å². The lowest BCUT2D eigenvalue weighted by Crippen LogP contribution is -2.47. The van der Waals surface area contributed by atoms with E-state index in [0.29, 0.717) is 13.2 Å². The maximum absolute atomic E-state index is 12.2. The lowest BCUT2D eigenvalue weighted by molar-refractivity contribution is -0.0624. The molecule has 2 aliphatic heterocycles. The van der Waals surface area contributed by atoms with Crippen molar-refractivity contribution in [2.24, 2.45) is 0 Å². The molecule has 3 rings (SSSR count). The molecule has 1 atom stereocenters. The molecule has 1 unspecified atom stereocenters. The SMILES string of the molecule is O=C1c2ccc(Br)cc2NCN1CC1CCO1. The molecule has 5 heteroatoms. The molecule has 0 spiro atoms. The summed E-state index contributed by atoms with van der Waals surface area (Å²) in [5.41, 5.74) is 1.63. The molecule has 4 nitrogen and oxygen atoms in total. The molecule has 0 bridgehead atoms. The van der Waals surface area contributed by atoms with Gasteiger partial charge in [0.25, 0.3) is 5.91 Å². The fourth-order valence-electron chi connectivity index (χ4n) is 2.09. The van der Waals surface area contributed by atoms with E-state index in [0.717, 1.165) is 28.8 Å². The highest BCUT2D eigenvalue weighted by Gasteiger charge is 2.28. The summed E-state index contributed by atoms with van der Waals surface area (Å²) in [4.78, 5) is 14.0. The third kappa shape index (κ3) is 2.05. The number of ether oxygens (including phenoxy) is 1. The van der Waals surface area contributed by atoms with Gasteiger partial charge < -0.3 is 15.0 Å². The zero-order valence-corrected chi connectivity index (χ0v) is 10.9. The van der Waals surface area contributed by atoms with Crippen molar-refractivity contribution in [2.75, 3.05) is 25.1 Å².